The quantitative estimate of drug-likeness (QED) is 0.858. The Morgan fingerprint density at radius 2 is 1.89 bits per heavy atom. The third kappa shape index (κ3) is 3.89. The molecule has 0 spiro atoms. The fraction of sp³-hybridized carbons (Fsp3) is 0.571. The zero-order valence-electron chi connectivity index (χ0n) is 16.0. The number of carbonyl (C=O) groups excluding carboxylic acids is 1. The van der Waals surface area contributed by atoms with Crippen LogP contribution >= 0.6 is 0 Å². The van der Waals surface area contributed by atoms with Crippen LogP contribution in [-0.4, -0.2) is 54.3 Å². The number of anilines is 1. The van der Waals surface area contributed by atoms with Gasteiger partial charge in [0.15, 0.2) is 0 Å². The molecule has 27 heavy (non-hydrogen) atoms. The molecule has 2 amide bonds. The lowest BCUT2D eigenvalue weighted by atomic mass is 9.84. The van der Waals surface area contributed by atoms with Gasteiger partial charge in [-0.1, -0.05) is 6.07 Å². The summed E-state index contributed by atoms with van der Waals surface area (Å²) < 4.78 is 13.3. The molecule has 2 aliphatic rings. The molecule has 6 heteroatoms. The highest BCUT2D eigenvalue weighted by atomic mass is 19.1. The summed E-state index contributed by atoms with van der Waals surface area (Å²) in [6.07, 6.45) is 4.33. The van der Waals surface area contributed by atoms with Gasteiger partial charge < -0.3 is 20.1 Å². The molecule has 2 N–H and O–H groups in total. The Morgan fingerprint density at radius 1 is 1.15 bits per heavy atom. The van der Waals surface area contributed by atoms with Crippen LogP contribution in [0.1, 0.15) is 32.6 Å². The van der Waals surface area contributed by atoms with Crippen LogP contribution in [-0.2, 0) is 0 Å². The normalized spacial score (nSPS) is 24.8. The average Bonchev–Trinajstić information content (AvgIpc) is 3.17. The molecule has 1 aliphatic carbocycles. The van der Waals surface area contributed by atoms with Crippen LogP contribution in [0.5, 0.6) is 0 Å². The summed E-state index contributed by atoms with van der Waals surface area (Å²) >= 11 is 0. The summed E-state index contributed by atoms with van der Waals surface area (Å²) in [7, 11) is 0. The number of aromatic amines is 1. The van der Waals surface area contributed by atoms with E-state index in [0.29, 0.717) is 18.8 Å². The number of fused-ring (bicyclic) bond motifs is 1. The number of hydrogen-bond acceptors (Lipinski definition) is 2. The smallest absolute Gasteiger partial charge is 0.317 e. The minimum Gasteiger partial charge on any atom is -0.367 e. The van der Waals surface area contributed by atoms with Gasteiger partial charge in [-0.05, 0) is 56.7 Å². The van der Waals surface area contributed by atoms with Gasteiger partial charge in [0.2, 0.25) is 0 Å². The van der Waals surface area contributed by atoms with Crippen molar-refractivity contribution in [3.8, 4) is 0 Å². The zero-order valence-corrected chi connectivity index (χ0v) is 16.0. The molecule has 2 fully saturated rings. The number of H-pyrrole nitrogens is 1. The molecule has 1 saturated carbocycles. The highest BCUT2D eigenvalue weighted by Gasteiger charge is 2.28. The van der Waals surface area contributed by atoms with Crippen molar-refractivity contribution >= 4 is 22.6 Å². The van der Waals surface area contributed by atoms with Crippen LogP contribution in [0, 0.1) is 5.92 Å². The number of piperazine rings is 1. The molecular weight excluding hydrogens is 343 g/mol. The number of amides is 2. The highest BCUT2D eigenvalue weighted by molar-refractivity contribution is 5.92. The van der Waals surface area contributed by atoms with Crippen LogP contribution in [0.2, 0.25) is 0 Å². The monoisotopic (exact) mass is 372 g/mol. The Morgan fingerprint density at radius 3 is 2.63 bits per heavy atom. The van der Waals surface area contributed by atoms with Crippen molar-refractivity contribution in [3.05, 3.63) is 30.5 Å². The number of nitrogens with zero attached hydrogens (tertiary/aromatic N) is 2. The van der Waals surface area contributed by atoms with Crippen LogP contribution < -0.4 is 10.2 Å². The molecule has 0 radical (unpaired) electrons. The van der Waals surface area contributed by atoms with Crippen LogP contribution in [0.3, 0.4) is 0 Å². The Hall–Kier alpha value is -2.24. The third-order valence-electron chi connectivity index (χ3n) is 6.24. The zero-order chi connectivity index (χ0) is 18.8. The van der Waals surface area contributed by atoms with Gasteiger partial charge in [0.25, 0.3) is 0 Å². The summed E-state index contributed by atoms with van der Waals surface area (Å²) in [4.78, 5) is 20.2. The molecule has 1 saturated heterocycles. The maximum Gasteiger partial charge on any atom is 0.317 e. The van der Waals surface area contributed by atoms with E-state index in [1.807, 2.05) is 11.1 Å². The molecule has 4 rings (SSSR count). The van der Waals surface area contributed by atoms with E-state index < -0.39 is 6.17 Å². The van der Waals surface area contributed by atoms with Crippen LogP contribution in [0.25, 0.3) is 10.9 Å². The first kappa shape index (κ1) is 18.1. The number of nitrogens with one attached hydrogen (secondary N) is 2. The first-order valence-electron chi connectivity index (χ1n) is 10.1. The molecule has 2 aromatic rings. The third-order valence-corrected chi connectivity index (χ3v) is 6.24. The van der Waals surface area contributed by atoms with Crippen LogP contribution in [0.4, 0.5) is 14.9 Å². The Bertz CT molecular complexity index is 775. The van der Waals surface area contributed by atoms with Crippen molar-refractivity contribution in [2.45, 2.75) is 44.8 Å². The molecule has 1 aromatic carbocycles. The Kier molecular flexibility index (Phi) is 5.23. The topological polar surface area (TPSA) is 51.4 Å². The number of urea groups is 1. The number of hydrogen-bond donors (Lipinski definition) is 2. The average molecular weight is 372 g/mol. The van der Waals surface area contributed by atoms with Crippen LogP contribution in [0.15, 0.2) is 30.5 Å². The minimum absolute atomic E-state index is 0.0179. The first-order valence-corrected chi connectivity index (χ1v) is 10.1. The van der Waals surface area contributed by atoms with E-state index in [0.717, 1.165) is 44.5 Å². The molecule has 1 aliphatic heterocycles. The van der Waals surface area contributed by atoms with Gasteiger partial charge in [-0.25, -0.2) is 9.18 Å². The van der Waals surface area contributed by atoms with E-state index in [-0.39, 0.29) is 12.1 Å². The van der Waals surface area contributed by atoms with Gasteiger partial charge in [0.05, 0.1) is 0 Å². The number of rotatable bonds is 3. The first-order chi connectivity index (χ1) is 13.1. The van der Waals surface area contributed by atoms with Crippen molar-refractivity contribution in [2.75, 3.05) is 31.1 Å². The van der Waals surface area contributed by atoms with Crippen molar-refractivity contribution in [1.82, 2.24) is 15.2 Å². The van der Waals surface area contributed by atoms with E-state index in [4.69, 9.17) is 0 Å². The standard InChI is InChI=1S/C21H29FN4O/c1-15(16-5-7-17(22)8-6-16)24-21(27)26-13-11-25(12-14-26)20-4-2-3-19-18(20)9-10-23-19/h2-4,9-10,15-17,23H,5-8,11-14H2,1H3,(H,24,27)/t15-,16?,17?/m0/s1. The second-order valence-electron chi connectivity index (χ2n) is 7.94. The van der Waals surface area contributed by atoms with Crippen molar-refractivity contribution in [2.24, 2.45) is 5.92 Å². The van der Waals surface area contributed by atoms with Gasteiger partial charge >= 0.3 is 6.03 Å². The second kappa shape index (κ2) is 7.79. The summed E-state index contributed by atoms with van der Waals surface area (Å²) in [6, 6.07) is 8.54. The maximum atomic E-state index is 13.3. The minimum atomic E-state index is -0.651. The molecule has 2 heterocycles. The number of benzene rings is 1. The van der Waals surface area contributed by atoms with Gasteiger partial charge in [0.1, 0.15) is 6.17 Å². The maximum absolute atomic E-state index is 13.3. The predicted molar refractivity (Wildman–Crippen MR) is 107 cm³/mol. The lowest BCUT2D eigenvalue weighted by molar-refractivity contribution is 0.165. The largest absolute Gasteiger partial charge is 0.367 e. The molecule has 1 atom stereocenters. The molecular formula is C21H29FN4O. The van der Waals surface area contributed by atoms with Crippen molar-refractivity contribution in [1.29, 1.82) is 0 Å². The lowest BCUT2D eigenvalue weighted by Gasteiger charge is -2.38. The predicted octanol–water partition coefficient (Wildman–Crippen LogP) is 3.92. The molecule has 0 unspecified atom stereocenters. The second-order valence-corrected chi connectivity index (χ2v) is 7.94. The van der Waals surface area contributed by atoms with Gasteiger partial charge in [-0.2, -0.15) is 0 Å². The van der Waals surface area contributed by atoms with Gasteiger partial charge in [-0.3, -0.25) is 0 Å². The van der Waals surface area contributed by atoms with E-state index >= 15 is 0 Å². The molecule has 146 valence electrons. The fourth-order valence-electron chi connectivity index (χ4n) is 4.48. The lowest BCUT2D eigenvalue weighted by Crippen LogP contribution is -2.54. The van der Waals surface area contributed by atoms with Crippen molar-refractivity contribution in [3.63, 3.8) is 0 Å². The fourth-order valence-corrected chi connectivity index (χ4v) is 4.48. The van der Waals surface area contributed by atoms with E-state index in [1.54, 1.807) is 0 Å². The van der Waals surface area contributed by atoms with Gasteiger partial charge in [0, 0.05) is 55.0 Å². The number of aromatic nitrogens is 1. The van der Waals surface area contributed by atoms with Gasteiger partial charge in [-0.15, -0.1) is 0 Å². The van der Waals surface area contributed by atoms with E-state index in [1.165, 1.54) is 11.1 Å². The Labute approximate surface area is 159 Å². The summed E-state index contributed by atoms with van der Waals surface area (Å²) in [5.74, 6) is 0.397. The van der Waals surface area contributed by atoms with E-state index in [9.17, 15) is 9.18 Å². The molecule has 1 aromatic heterocycles. The van der Waals surface area contributed by atoms with Crippen molar-refractivity contribution < 1.29 is 9.18 Å². The summed E-state index contributed by atoms with van der Waals surface area (Å²) in [5.41, 5.74) is 2.37. The summed E-state index contributed by atoms with van der Waals surface area (Å²) in [5, 5.41) is 4.38. The number of alkyl halides is 1. The van der Waals surface area contributed by atoms with E-state index in [2.05, 4.69) is 46.4 Å². The summed E-state index contributed by atoms with van der Waals surface area (Å²) in [6.45, 7) is 5.16. The molecule has 5 nitrogen and oxygen atoms in total. The number of carbonyl (C=O) groups is 1. The Balaban J connectivity index is 1.31. The highest BCUT2D eigenvalue weighted by Crippen LogP contribution is 2.29. The SMILES string of the molecule is C[C@H](NC(=O)N1CCN(c2cccc3[nH]ccc23)CC1)C1CCC(F)CC1. The molecule has 0 bridgehead atoms. The number of halogens is 1.